The number of nitrogens with zero attached hydrogens (tertiary/aromatic N) is 1. The Morgan fingerprint density at radius 3 is 2.38 bits per heavy atom. The van der Waals surface area contributed by atoms with Crippen molar-refractivity contribution in [1.29, 1.82) is 0 Å². The van der Waals surface area contributed by atoms with Crippen molar-refractivity contribution in [3.63, 3.8) is 0 Å². The molecule has 0 saturated carbocycles. The highest BCUT2D eigenvalue weighted by Crippen LogP contribution is 2.42. The van der Waals surface area contributed by atoms with Crippen LogP contribution in [-0.4, -0.2) is 19.1 Å². The molecule has 0 fully saturated rings. The van der Waals surface area contributed by atoms with E-state index < -0.39 is 0 Å². The molecule has 3 rings (SSSR count). The lowest BCUT2D eigenvalue weighted by Gasteiger charge is -2.44. The van der Waals surface area contributed by atoms with Gasteiger partial charge in [-0.2, -0.15) is 0 Å². The maximum absolute atomic E-state index is 12.1. The van der Waals surface area contributed by atoms with Gasteiger partial charge < -0.3 is 15.0 Å². The number of carbonyl (C=O) groups excluding carboxylic acids is 1. The Morgan fingerprint density at radius 2 is 1.75 bits per heavy atom. The van der Waals surface area contributed by atoms with Gasteiger partial charge in [-0.3, -0.25) is 4.79 Å². The molecule has 1 amide bonds. The maximum Gasteiger partial charge on any atom is 0.224 e. The number of hydrogen-bond acceptors (Lipinski definition) is 3. The van der Waals surface area contributed by atoms with Gasteiger partial charge in [-0.25, -0.2) is 0 Å². The maximum atomic E-state index is 12.1. The quantitative estimate of drug-likeness (QED) is 0.918. The molecule has 24 heavy (non-hydrogen) atoms. The van der Waals surface area contributed by atoms with E-state index in [-0.39, 0.29) is 23.9 Å². The zero-order chi connectivity index (χ0) is 17.3. The van der Waals surface area contributed by atoms with Gasteiger partial charge >= 0.3 is 0 Å². The van der Waals surface area contributed by atoms with Crippen LogP contribution in [0.3, 0.4) is 0 Å². The summed E-state index contributed by atoms with van der Waals surface area (Å²) in [6.45, 7) is 5.94. The first-order valence-corrected chi connectivity index (χ1v) is 8.32. The van der Waals surface area contributed by atoms with Crippen LogP contribution >= 0.6 is 0 Å². The van der Waals surface area contributed by atoms with E-state index >= 15 is 0 Å². The van der Waals surface area contributed by atoms with Crippen molar-refractivity contribution in [3.8, 4) is 5.75 Å². The summed E-state index contributed by atoms with van der Waals surface area (Å²) in [5, 5.41) is 3.63. The van der Waals surface area contributed by atoms with Gasteiger partial charge in [0, 0.05) is 30.3 Å². The summed E-state index contributed by atoms with van der Waals surface area (Å²) in [6, 6.07) is 16.4. The molecule has 3 atom stereocenters. The van der Waals surface area contributed by atoms with Crippen LogP contribution < -0.4 is 15.0 Å². The second-order valence-electron chi connectivity index (χ2n) is 6.40. The van der Waals surface area contributed by atoms with Crippen molar-refractivity contribution in [2.45, 2.75) is 32.9 Å². The minimum atomic E-state index is 0.0877. The number of amides is 1. The largest absolute Gasteiger partial charge is 0.497 e. The van der Waals surface area contributed by atoms with E-state index in [0.29, 0.717) is 0 Å². The number of ether oxygens (including phenoxy) is 1. The normalized spacial score (nSPS) is 22.7. The third-order valence-electron chi connectivity index (χ3n) is 4.98. The van der Waals surface area contributed by atoms with Gasteiger partial charge in [-0.1, -0.05) is 25.1 Å². The van der Waals surface area contributed by atoms with Crippen molar-refractivity contribution in [3.05, 3.63) is 54.1 Å². The monoisotopic (exact) mass is 324 g/mol. The van der Waals surface area contributed by atoms with Crippen LogP contribution in [-0.2, 0) is 4.79 Å². The molecule has 2 aromatic rings. The van der Waals surface area contributed by atoms with Crippen LogP contribution in [0.1, 0.15) is 32.4 Å². The van der Waals surface area contributed by atoms with E-state index in [1.807, 2.05) is 47.4 Å². The van der Waals surface area contributed by atoms with Gasteiger partial charge in [-0.05, 0) is 42.8 Å². The van der Waals surface area contributed by atoms with E-state index in [1.54, 1.807) is 14.0 Å². The van der Waals surface area contributed by atoms with E-state index in [0.717, 1.165) is 22.7 Å². The molecule has 2 aromatic carbocycles. The number of carbonyl (C=O) groups is 1. The second-order valence-corrected chi connectivity index (χ2v) is 6.40. The molecule has 0 aromatic heterocycles. The molecule has 1 aliphatic rings. The number of nitrogens with one attached hydrogen (secondary N) is 1. The molecule has 0 saturated heterocycles. The number of methoxy groups -OCH3 is 1. The van der Waals surface area contributed by atoms with Crippen LogP contribution in [0.25, 0.3) is 0 Å². The van der Waals surface area contributed by atoms with E-state index in [4.69, 9.17) is 4.74 Å². The number of anilines is 2. The molecule has 126 valence electrons. The Kier molecular flexibility index (Phi) is 4.47. The first-order valence-electron chi connectivity index (χ1n) is 8.32. The standard InChI is InChI=1S/C20H24N2O2/c1-13-14(2)22(15(3)23)19-8-6-5-7-18(19)20(13)21-16-9-11-17(24-4)12-10-16/h5-14,20-21H,1-4H3/t13?,14-,20?/m0/s1. The van der Waals surface area contributed by atoms with Crippen LogP contribution in [0, 0.1) is 5.92 Å². The summed E-state index contributed by atoms with van der Waals surface area (Å²) in [6.07, 6.45) is 0. The van der Waals surface area contributed by atoms with Gasteiger partial charge in [0.1, 0.15) is 5.75 Å². The number of hydrogen-bond donors (Lipinski definition) is 1. The van der Waals surface area contributed by atoms with Crippen molar-refractivity contribution in [2.75, 3.05) is 17.3 Å². The van der Waals surface area contributed by atoms with Gasteiger partial charge in [0.25, 0.3) is 0 Å². The van der Waals surface area contributed by atoms with Gasteiger partial charge in [-0.15, -0.1) is 0 Å². The second kappa shape index (κ2) is 6.56. The Morgan fingerprint density at radius 1 is 1.08 bits per heavy atom. The molecule has 4 nitrogen and oxygen atoms in total. The molecule has 0 aliphatic carbocycles. The highest BCUT2D eigenvalue weighted by molar-refractivity contribution is 5.93. The van der Waals surface area contributed by atoms with Crippen LogP contribution in [0.4, 0.5) is 11.4 Å². The first-order chi connectivity index (χ1) is 11.5. The fourth-order valence-corrected chi connectivity index (χ4v) is 3.52. The number of benzene rings is 2. The molecule has 1 heterocycles. The molecule has 4 heteroatoms. The summed E-state index contributed by atoms with van der Waals surface area (Å²) in [4.78, 5) is 14.1. The van der Waals surface area contributed by atoms with E-state index in [2.05, 4.69) is 25.2 Å². The molecule has 0 spiro atoms. The van der Waals surface area contributed by atoms with Crippen LogP contribution in [0.2, 0.25) is 0 Å². The van der Waals surface area contributed by atoms with E-state index in [1.165, 1.54) is 0 Å². The number of rotatable bonds is 3. The fraction of sp³-hybridized carbons (Fsp3) is 0.350. The topological polar surface area (TPSA) is 41.6 Å². The lowest BCUT2D eigenvalue weighted by atomic mass is 9.82. The molecule has 1 N–H and O–H groups in total. The van der Waals surface area contributed by atoms with Crippen molar-refractivity contribution < 1.29 is 9.53 Å². The summed E-state index contributed by atoms with van der Waals surface area (Å²) in [5.74, 6) is 1.21. The highest BCUT2D eigenvalue weighted by atomic mass is 16.5. The Labute approximate surface area is 143 Å². The van der Waals surface area contributed by atoms with Crippen LogP contribution in [0.15, 0.2) is 48.5 Å². The average Bonchev–Trinajstić information content (AvgIpc) is 2.59. The third kappa shape index (κ3) is 2.84. The Bertz CT molecular complexity index is 727. The lowest BCUT2D eigenvalue weighted by molar-refractivity contribution is -0.117. The predicted molar refractivity (Wildman–Crippen MR) is 97.6 cm³/mol. The number of fused-ring (bicyclic) bond motifs is 1. The first kappa shape index (κ1) is 16.4. The third-order valence-corrected chi connectivity index (χ3v) is 4.98. The van der Waals surface area contributed by atoms with Crippen molar-refractivity contribution in [2.24, 2.45) is 5.92 Å². The Hall–Kier alpha value is -2.49. The smallest absolute Gasteiger partial charge is 0.224 e. The molecule has 2 unspecified atom stereocenters. The van der Waals surface area contributed by atoms with Crippen molar-refractivity contribution >= 4 is 17.3 Å². The van der Waals surface area contributed by atoms with Crippen LogP contribution in [0.5, 0.6) is 5.75 Å². The molecular formula is C20H24N2O2. The fourth-order valence-electron chi connectivity index (χ4n) is 3.52. The zero-order valence-corrected chi connectivity index (χ0v) is 14.6. The molecule has 0 radical (unpaired) electrons. The van der Waals surface area contributed by atoms with Gasteiger partial charge in [0.15, 0.2) is 0 Å². The molecule has 0 bridgehead atoms. The average molecular weight is 324 g/mol. The highest BCUT2D eigenvalue weighted by Gasteiger charge is 2.37. The summed E-state index contributed by atoms with van der Waals surface area (Å²) in [5.41, 5.74) is 3.21. The zero-order valence-electron chi connectivity index (χ0n) is 14.6. The minimum absolute atomic E-state index is 0.0877. The Balaban J connectivity index is 1.97. The number of para-hydroxylation sites is 1. The molecular weight excluding hydrogens is 300 g/mol. The summed E-state index contributed by atoms with van der Waals surface area (Å²) in [7, 11) is 1.67. The predicted octanol–water partition coefficient (Wildman–Crippen LogP) is 4.24. The van der Waals surface area contributed by atoms with Gasteiger partial charge in [0.2, 0.25) is 5.91 Å². The van der Waals surface area contributed by atoms with Crippen molar-refractivity contribution in [1.82, 2.24) is 0 Å². The SMILES string of the molecule is COc1ccc(NC2c3ccccc3N(C(C)=O)[C@@H](C)C2C)cc1. The van der Waals surface area contributed by atoms with Gasteiger partial charge in [0.05, 0.1) is 13.2 Å². The van der Waals surface area contributed by atoms with E-state index in [9.17, 15) is 4.79 Å². The summed E-state index contributed by atoms with van der Waals surface area (Å²) < 4.78 is 5.22. The minimum Gasteiger partial charge on any atom is -0.497 e. The summed E-state index contributed by atoms with van der Waals surface area (Å²) >= 11 is 0. The molecule has 1 aliphatic heterocycles. The lowest BCUT2D eigenvalue weighted by Crippen LogP contribution is -2.48.